The maximum absolute atomic E-state index is 12.9. The van der Waals surface area contributed by atoms with Gasteiger partial charge in [-0.1, -0.05) is 46.8 Å². The van der Waals surface area contributed by atoms with Gasteiger partial charge in [-0.15, -0.1) is 0 Å². The number of aromatic nitrogens is 2. The summed E-state index contributed by atoms with van der Waals surface area (Å²) >= 11 is 7.99. The normalized spacial score (nSPS) is 11.3. The zero-order valence-corrected chi connectivity index (χ0v) is 20.1. The molecule has 2 aromatic carbocycles. The summed E-state index contributed by atoms with van der Waals surface area (Å²) in [6, 6.07) is 13.1. The van der Waals surface area contributed by atoms with Crippen LogP contribution in [0, 0.1) is 10.1 Å². The standard InChI is InChI=1S/C22H13ClF3N5O3S2/c23-15-9-11(22(24,25)26)10-28-20(15)35-13-7-5-12(6-8-13)29-21-30-19(27)18(36-21)17(32)14-3-1-2-4-16(14)31(33)34/h1-10H,27H2,(H,29,30). The molecule has 0 unspecified atom stereocenters. The first-order valence-corrected chi connectivity index (χ1v) is 11.9. The number of carbonyl (C=O) groups excluding carboxylic acids is 1. The second-order valence-corrected chi connectivity index (χ2v) is 9.57. The van der Waals surface area contributed by atoms with Crippen molar-refractivity contribution >= 4 is 62.8 Å². The highest BCUT2D eigenvalue weighted by molar-refractivity contribution is 7.99. The molecule has 0 aliphatic heterocycles. The highest BCUT2D eigenvalue weighted by Gasteiger charge is 2.31. The number of nitrogens with two attached hydrogens (primary N) is 1. The molecular weight excluding hydrogens is 539 g/mol. The number of alkyl halides is 3. The summed E-state index contributed by atoms with van der Waals surface area (Å²) in [5, 5.41) is 14.6. The van der Waals surface area contributed by atoms with Crippen molar-refractivity contribution in [3.63, 3.8) is 0 Å². The van der Waals surface area contributed by atoms with Crippen LogP contribution in [-0.2, 0) is 6.18 Å². The summed E-state index contributed by atoms with van der Waals surface area (Å²) in [5.41, 5.74) is 5.12. The summed E-state index contributed by atoms with van der Waals surface area (Å²) in [4.78, 5) is 32.1. The third kappa shape index (κ3) is 5.58. The Morgan fingerprint density at radius 1 is 1.17 bits per heavy atom. The first kappa shape index (κ1) is 25.4. The molecule has 0 bridgehead atoms. The summed E-state index contributed by atoms with van der Waals surface area (Å²) in [7, 11) is 0. The van der Waals surface area contributed by atoms with Crippen molar-refractivity contribution < 1.29 is 22.9 Å². The summed E-state index contributed by atoms with van der Waals surface area (Å²) in [5.74, 6) is -0.682. The van der Waals surface area contributed by atoms with Crippen LogP contribution in [0.3, 0.4) is 0 Å². The molecule has 0 aliphatic carbocycles. The molecule has 2 heterocycles. The quantitative estimate of drug-likeness (QED) is 0.145. The van der Waals surface area contributed by atoms with Gasteiger partial charge < -0.3 is 11.1 Å². The fourth-order valence-electron chi connectivity index (χ4n) is 2.99. The highest BCUT2D eigenvalue weighted by atomic mass is 35.5. The van der Waals surface area contributed by atoms with E-state index < -0.39 is 22.4 Å². The van der Waals surface area contributed by atoms with E-state index in [2.05, 4.69) is 15.3 Å². The number of pyridine rings is 1. The van der Waals surface area contributed by atoms with Crippen molar-refractivity contribution in [1.82, 2.24) is 9.97 Å². The van der Waals surface area contributed by atoms with Gasteiger partial charge in [0.15, 0.2) is 5.13 Å². The third-order valence-corrected chi connectivity index (χ3v) is 7.07. The van der Waals surface area contributed by atoms with E-state index in [9.17, 15) is 28.1 Å². The Morgan fingerprint density at radius 2 is 1.86 bits per heavy atom. The van der Waals surface area contributed by atoms with Gasteiger partial charge in [0.1, 0.15) is 21.3 Å². The van der Waals surface area contributed by atoms with Crippen molar-refractivity contribution in [1.29, 1.82) is 0 Å². The number of nitro benzene ring substituents is 1. The number of hydrogen-bond acceptors (Lipinski definition) is 9. The van der Waals surface area contributed by atoms with Crippen LogP contribution >= 0.6 is 34.7 Å². The minimum absolute atomic E-state index is 0.0574. The fraction of sp³-hybridized carbons (Fsp3) is 0.0455. The number of rotatable bonds is 7. The number of nitrogens with one attached hydrogen (secondary N) is 1. The Bertz CT molecular complexity index is 1460. The molecule has 0 saturated heterocycles. The molecule has 184 valence electrons. The predicted octanol–water partition coefficient (Wildman–Crippen LogP) is 6.83. The number of nitrogen functional groups attached to an aromatic ring is 1. The van der Waals surface area contributed by atoms with Crippen LogP contribution in [0.25, 0.3) is 0 Å². The van der Waals surface area contributed by atoms with E-state index in [4.69, 9.17) is 17.3 Å². The molecule has 0 saturated carbocycles. The van der Waals surface area contributed by atoms with Crippen LogP contribution in [0.4, 0.5) is 35.5 Å². The van der Waals surface area contributed by atoms with E-state index in [0.29, 0.717) is 15.7 Å². The number of nitrogens with zero attached hydrogens (tertiary/aromatic N) is 3. The van der Waals surface area contributed by atoms with Gasteiger partial charge >= 0.3 is 6.18 Å². The number of hydrogen-bond donors (Lipinski definition) is 2. The zero-order chi connectivity index (χ0) is 26.0. The average molecular weight is 552 g/mol. The smallest absolute Gasteiger partial charge is 0.382 e. The van der Waals surface area contributed by atoms with Gasteiger partial charge in [-0.2, -0.15) is 13.2 Å². The Labute approximate surface area is 214 Å². The molecule has 0 atom stereocenters. The Kier molecular flexibility index (Phi) is 7.15. The van der Waals surface area contributed by atoms with Gasteiger partial charge in [0.2, 0.25) is 5.78 Å². The maximum Gasteiger partial charge on any atom is 0.417 e. The lowest BCUT2D eigenvalue weighted by atomic mass is 10.1. The van der Waals surface area contributed by atoms with Gasteiger partial charge in [-0.05, 0) is 36.4 Å². The topological polar surface area (TPSA) is 124 Å². The minimum Gasteiger partial charge on any atom is -0.382 e. The first-order chi connectivity index (χ1) is 17.0. The van der Waals surface area contributed by atoms with E-state index in [1.807, 2.05) is 0 Å². The number of para-hydroxylation sites is 1. The van der Waals surface area contributed by atoms with Crippen molar-refractivity contribution in [2.24, 2.45) is 0 Å². The molecule has 0 fully saturated rings. The number of benzene rings is 2. The Balaban J connectivity index is 1.48. The summed E-state index contributed by atoms with van der Waals surface area (Å²) in [6.45, 7) is 0. The Hall–Kier alpha value is -3.68. The second-order valence-electron chi connectivity index (χ2n) is 7.10. The molecule has 2 aromatic heterocycles. The Morgan fingerprint density at radius 3 is 2.50 bits per heavy atom. The van der Waals surface area contributed by atoms with Crippen LogP contribution in [0.2, 0.25) is 5.02 Å². The first-order valence-electron chi connectivity index (χ1n) is 9.85. The molecule has 0 aliphatic rings. The third-order valence-electron chi connectivity index (χ3n) is 4.66. The zero-order valence-electron chi connectivity index (χ0n) is 17.7. The largest absolute Gasteiger partial charge is 0.417 e. The molecule has 14 heteroatoms. The predicted molar refractivity (Wildman–Crippen MR) is 131 cm³/mol. The van der Waals surface area contributed by atoms with Crippen molar-refractivity contribution in [2.75, 3.05) is 11.1 Å². The molecule has 36 heavy (non-hydrogen) atoms. The van der Waals surface area contributed by atoms with Crippen LogP contribution in [0.5, 0.6) is 0 Å². The number of halogens is 4. The lowest BCUT2D eigenvalue weighted by Gasteiger charge is -2.09. The van der Waals surface area contributed by atoms with E-state index in [-0.39, 0.29) is 32.0 Å². The van der Waals surface area contributed by atoms with E-state index in [0.717, 1.165) is 35.4 Å². The van der Waals surface area contributed by atoms with Gasteiger partial charge in [-0.25, -0.2) is 9.97 Å². The lowest BCUT2D eigenvalue weighted by Crippen LogP contribution is -2.06. The number of thiazole rings is 1. The lowest BCUT2D eigenvalue weighted by molar-refractivity contribution is -0.385. The molecule has 8 nitrogen and oxygen atoms in total. The fourth-order valence-corrected chi connectivity index (χ4v) is 4.89. The molecule has 3 N–H and O–H groups in total. The van der Waals surface area contributed by atoms with Crippen LogP contribution in [-0.4, -0.2) is 20.7 Å². The average Bonchev–Trinajstić information content (AvgIpc) is 3.20. The molecule has 4 rings (SSSR count). The van der Waals surface area contributed by atoms with E-state index in [1.165, 1.54) is 24.3 Å². The molecule has 4 aromatic rings. The number of ketones is 1. The maximum atomic E-state index is 12.9. The second kappa shape index (κ2) is 10.1. The molecule has 0 amide bonds. The SMILES string of the molecule is Nc1nc(Nc2ccc(Sc3ncc(C(F)(F)F)cc3Cl)cc2)sc1C(=O)c1ccccc1[N+](=O)[O-]. The van der Waals surface area contributed by atoms with Gasteiger partial charge in [0.05, 0.1) is 15.5 Å². The monoisotopic (exact) mass is 551 g/mol. The number of anilines is 3. The highest BCUT2D eigenvalue weighted by Crippen LogP contribution is 2.37. The molecule has 0 spiro atoms. The van der Waals surface area contributed by atoms with Crippen molar-refractivity contribution in [2.45, 2.75) is 16.1 Å². The van der Waals surface area contributed by atoms with Crippen LogP contribution < -0.4 is 11.1 Å². The van der Waals surface area contributed by atoms with Crippen molar-refractivity contribution in [3.8, 4) is 0 Å². The van der Waals surface area contributed by atoms with E-state index in [1.54, 1.807) is 24.3 Å². The van der Waals surface area contributed by atoms with Gasteiger partial charge in [0.25, 0.3) is 5.69 Å². The van der Waals surface area contributed by atoms with Gasteiger partial charge in [0, 0.05) is 22.8 Å². The minimum atomic E-state index is -4.54. The van der Waals surface area contributed by atoms with Crippen molar-refractivity contribution in [3.05, 3.63) is 91.9 Å². The van der Waals surface area contributed by atoms with Crippen LogP contribution in [0.15, 0.2) is 70.7 Å². The summed E-state index contributed by atoms with van der Waals surface area (Å²) in [6.07, 6.45) is -3.81. The van der Waals surface area contributed by atoms with Gasteiger partial charge in [-0.3, -0.25) is 14.9 Å². The van der Waals surface area contributed by atoms with Crippen LogP contribution in [0.1, 0.15) is 20.8 Å². The molecular formula is C22H13ClF3N5O3S2. The number of carbonyl (C=O) groups is 1. The number of nitro groups is 1. The molecule has 0 radical (unpaired) electrons. The summed E-state index contributed by atoms with van der Waals surface area (Å²) < 4.78 is 38.4. The van der Waals surface area contributed by atoms with E-state index >= 15 is 0 Å².